The molecular formula is C60H82N8O13S2. The van der Waals surface area contributed by atoms with Gasteiger partial charge < -0.3 is 54.6 Å². The maximum absolute atomic E-state index is 14.7. The number of likely N-dealkylation sites (N-methyl/N-ethyl adjacent to an activating group) is 1. The van der Waals surface area contributed by atoms with Crippen molar-refractivity contribution in [3.63, 3.8) is 0 Å². The number of amides is 5. The number of thiazole rings is 1. The molecule has 4 N–H and O–H groups in total. The van der Waals surface area contributed by atoms with Crippen LogP contribution in [-0.2, 0) is 59.1 Å². The monoisotopic (exact) mass is 1190 g/mol. The Kier molecular flexibility index (Phi) is 21.6. The number of carbonyl (C=O) groups excluding carboxylic acids is 5. The summed E-state index contributed by atoms with van der Waals surface area (Å²) in [6.45, 7) is 18.4. The van der Waals surface area contributed by atoms with Gasteiger partial charge in [-0.15, -0.1) is 11.3 Å². The molecule has 21 nitrogen and oxygen atoms in total. The molecule has 7 rings (SSSR count). The van der Waals surface area contributed by atoms with E-state index in [9.17, 15) is 32.4 Å². The van der Waals surface area contributed by atoms with Crippen molar-refractivity contribution >= 4 is 83.4 Å². The number of hydrogen-bond acceptors (Lipinski definition) is 17. The average Bonchev–Trinajstić information content (AvgIpc) is 4.21. The van der Waals surface area contributed by atoms with E-state index in [2.05, 4.69) is 37.3 Å². The molecule has 5 aromatic rings. The summed E-state index contributed by atoms with van der Waals surface area (Å²) in [6.07, 6.45) is 3.60. The molecule has 5 atom stereocenters. The fraction of sp³-hybridized carbons (Fsp3) is 0.550. The Bertz CT molecular complexity index is 3190. The molecule has 83 heavy (non-hydrogen) atoms. The predicted octanol–water partition coefficient (Wildman–Crippen LogP) is 7.67. The molecule has 2 aliphatic rings. The minimum Gasteiger partial charge on any atom is -0.490 e. The third kappa shape index (κ3) is 17.1. The molecular weight excluding hydrogens is 1100 g/mol. The number of ether oxygens (including phenoxy) is 6. The first-order valence-electron chi connectivity index (χ1n) is 28.2. The highest BCUT2D eigenvalue weighted by molar-refractivity contribution is 7.92. The number of nitrogens with zero attached hydrogens (tertiary/aromatic N) is 4. The Morgan fingerprint density at radius 1 is 0.807 bits per heavy atom. The van der Waals surface area contributed by atoms with Gasteiger partial charge in [-0.25, -0.2) is 18.2 Å². The van der Waals surface area contributed by atoms with Crippen LogP contribution in [0.4, 0.5) is 16.2 Å². The number of likely N-dealkylation sites (tertiary alicyclic amines) is 1. The topological polar surface area (TPSA) is 255 Å². The van der Waals surface area contributed by atoms with Crippen LogP contribution < -0.4 is 26.0 Å². The molecule has 5 amide bonds. The van der Waals surface area contributed by atoms with Crippen LogP contribution in [0.3, 0.4) is 0 Å². The molecule has 3 heterocycles. The Hall–Kier alpha value is -6.50. The molecule has 1 fully saturated rings. The quantitative estimate of drug-likeness (QED) is 0.0409. The Morgan fingerprint density at radius 2 is 1.48 bits per heavy atom. The predicted molar refractivity (Wildman–Crippen MR) is 318 cm³/mol. The number of benzene rings is 3. The molecule has 0 unspecified atom stereocenters. The van der Waals surface area contributed by atoms with Gasteiger partial charge in [-0.3, -0.25) is 29.1 Å². The summed E-state index contributed by atoms with van der Waals surface area (Å²) in [7, 11) is -2.40. The summed E-state index contributed by atoms with van der Waals surface area (Å²) in [5.41, 5.74) is 5.27. The second-order valence-corrected chi connectivity index (χ2v) is 27.5. The molecule has 452 valence electrons. The summed E-state index contributed by atoms with van der Waals surface area (Å²) >= 11 is 1.55. The van der Waals surface area contributed by atoms with Gasteiger partial charge in [-0.2, -0.15) is 0 Å². The van der Waals surface area contributed by atoms with E-state index in [0.717, 1.165) is 46.3 Å². The summed E-state index contributed by atoms with van der Waals surface area (Å²) < 4.78 is 61.9. The smallest absolute Gasteiger partial charge is 0.410 e. The number of nitrogens with one attached hydrogen (secondary N) is 4. The second-order valence-electron chi connectivity index (χ2n) is 23.9. The number of hydrogen-bond donors (Lipinski definition) is 4. The average molecular weight is 1190 g/mol. The summed E-state index contributed by atoms with van der Waals surface area (Å²) in [5.74, 6) is -1.70. The number of aryl methyl sites for hydroxylation is 1. The van der Waals surface area contributed by atoms with Gasteiger partial charge in [-0.05, 0) is 121 Å². The summed E-state index contributed by atoms with van der Waals surface area (Å²) in [6, 6.07) is 15.0. The maximum Gasteiger partial charge on any atom is 0.410 e. The third-order valence-corrected chi connectivity index (χ3v) is 17.6. The highest BCUT2D eigenvalue weighted by Crippen LogP contribution is 2.38. The highest BCUT2D eigenvalue weighted by Gasteiger charge is 2.46. The normalized spacial score (nSPS) is 17.3. The lowest BCUT2D eigenvalue weighted by Crippen LogP contribution is -2.60. The Morgan fingerprint density at radius 3 is 2.16 bits per heavy atom. The van der Waals surface area contributed by atoms with E-state index in [0.29, 0.717) is 16.6 Å². The Balaban J connectivity index is 0.837. The van der Waals surface area contributed by atoms with Gasteiger partial charge in [-0.1, -0.05) is 45.0 Å². The van der Waals surface area contributed by atoms with Crippen LogP contribution in [-0.4, -0.2) is 165 Å². The molecule has 3 aromatic carbocycles. The zero-order chi connectivity index (χ0) is 60.3. The van der Waals surface area contributed by atoms with E-state index >= 15 is 0 Å². The SMILES string of the molecule is C[C@@H](C(=O)N[C@H](C(=O)N1C[C@@H](NC(=O)COCCOCCOCCOCCOc2cc3nccc(Nc4ccc5scnc5c4)c3cc2S(=O)(=O)C(C)(C)C)C[C@H]1C(=O)N[C@@H]1CCCc2ccccc21)C(C)(C)C)N(C)C(=O)OC(C)(C)C. The van der Waals surface area contributed by atoms with Crippen LogP contribution in [0, 0.1) is 5.41 Å². The molecule has 23 heteroatoms. The molecule has 1 aliphatic heterocycles. The standard InChI is InChI=1S/C60H82N8O13S2/c1-38(67(11)57(73)81-59(5,6)7)54(70)66-53(58(2,3)4)56(72)68-35-41(32-48(68)55(71)65-44-18-14-16-39-15-12-13-17-42(39)44)64-52(69)36-79-28-27-77-24-23-76-25-26-78-29-30-80-49-34-46-43(33-51(49)83(74,75)60(8,9)10)45(21-22-61-46)63-40-19-20-50-47(31-40)62-37-82-50/h12-13,15,17,19-22,31,33-34,37-38,41,44,48,53H,14,16,18,23-30,32,35-36H2,1-11H3,(H,61,63)(H,64,69)(H,65,71)(H,66,70)/t38-,41-,44+,48-,53+/m0/s1. The second kappa shape index (κ2) is 27.9. The fourth-order valence-electron chi connectivity index (χ4n) is 9.66. The minimum atomic E-state index is -3.85. The van der Waals surface area contributed by atoms with E-state index in [1.54, 1.807) is 110 Å². The summed E-state index contributed by atoms with van der Waals surface area (Å²) in [5, 5.41) is 13.0. The van der Waals surface area contributed by atoms with E-state index in [4.69, 9.17) is 28.4 Å². The molecule has 0 bridgehead atoms. The number of rotatable bonds is 25. The van der Waals surface area contributed by atoms with Crippen molar-refractivity contribution in [2.24, 2.45) is 5.41 Å². The lowest BCUT2D eigenvalue weighted by Gasteiger charge is -2.37. The van der Waals surface area contributed by atoms with Crippen molar-refractivity contribution < 1.29 is 60.8 Å². The zero-order valence-electron chi connectivity index (χ0n) is 49.6. The van der Waals surface area contributed by atoms with Crippen LogP contribution in [0.5, 0.6) is 5.75 Å². The summed E-state index contributed by atoms with van der Waals surface area (Å²) in [4.78, 5) is 80.5. The number of pyridine rings is 1. The molecule has 1 saturated heterocycles. The fourth-order valence-corrected chi connectivity index (χ4v) is 11.6. The van der Waals surface area contributed by atoms with Crippen LogP contribution in [0.25, 0.3) is 21.1 Å². The van der Waals surface area contributed by atoms with E-state index in [1.165, 1.54) is 16.8 Å². The van der Waals surface area contributed by atoms with Crippen molar-refractivity contribution in [2.75, 3.05) is 78.4 Å². The van der Waals surface area contributed by atoms with Gasteiger partial charge in [0.25, 0.3) is 0 Å². The number of sulfone groups is 1. The molecule has 2 aromatic heterocycles. The van der Waals surface area contributed by atoms with Gasteiger partial charge in [0.05, 0.1) is 78.3 Å². The molecule has 1 aliphatic carbocycles. The Labute approximate surface area is 491 Å². The number of anilines is 2. The van der Waals surface area contributed by atoms with E-state index in [-0.39, 0.29) is 95.0 Å². The number of carbonyl (C=O) groups is 5. The lowest BCUT2D eigenvalue weighted by molar-refractivity contribution is -0.144. The lowest BCUT2D eigenvalue weighted by atomic mass is 9.85. The van der Waals surface area contributed by atoms with Crippen molar-refractivity contribution in [1.29, 1.82) is 0 Å². The number of fused-ring (bicyclic) bond motifs is 3. The van der Waals surface area contributed by atoms with Crippen molar-refractivity contribution in [1.82, 2.24) is 35.7 Å². The molecule has 0 radical (unpaired) electrons. The van der Waals surface area contributed by atoms with Gasteiger partial charge in [0, 0.05) is 48.7 Å². The van der Waals surface area contributed by atoms with Crippen molar-refractivity contribution in [3.8, 4) is 5.75 Å². The van der Waals surface area contributed by atoms with E-state index in [1.807, 2.05) is 36.4 Å². The first-order valence-corrected chi connectivity index (χ1v) is 30.5. The first kappa shape index (κ1) is 64.1. The molecule has 0 spiro atoms. The van der Waals surface area contributed by atoms with Gasteiger partial charge in [0.2, 0.25) is 23.6 Å². The van der Waals surface area contributed by atoms with Gasteiger partial charge >= 0.3 is 6.09 Å². The molecule has 0 saturated carbocycles. The van der Waals surface area contributed by atoms with Crippen LogP contribution in [0.1, 0.15) is 106 Å². The van der Waals surface area contributed by atoms with Crippen LogP contribution in [0.15, 0.2) is 77.3 Å². The highest BCUT2D eigenvalue weighted by atomic mass is 32.2. The van der Waals surface area contributed by atoms with Gasteiger partial charge in [0.15, 0.2) is 9.84 Å². The van der Waals surface area contributed by atoms with Crippen LogP contribution >= 0.6 is 11.3 Å². The van der Waals surface area contributed by atoms with E-state index < -0.39 is 73.6 Å². The maximum atomic E-state index is 14.7. The van der Waals surface area contributed by atoms with Crippen molar-refractivity contribution in [3.05, 3.63) is 83.5 Å². The van der Waals surface area contributed by atoms with Crippen molar-refractivity contribution in [2.45, 2.75) is 140 Å². The number of aromatic nitrogens is 2. The third-order valence-electron chi connectivity index (χ3n) is 14.3. The first-order chi connectivity index (χ1) is 39.2. The minimum absolute atomic E-state index is 0.00286. The van der Waals surface area contributed by atoms with Crippen LogP contribution in [0.2, 0.25) is 0 Å². The zero-order valence-corrected chi connectivity index (χ0v) is 51.3. The van der Waals surface area contributed by atoms with Gasteiger partial charge in [0.1, 0.15) is 47.6 Å². The largest absolute Gasteiger partial charge is 0.490 e.